The molecule has 322 valence electrons. The summed E-state index contributed by atoms with van der Waals surface area (Å²) < 4.78 is 275. The number of carbonyl (C=O) groups excluding carboxylic acids is 3. The van der Waals surface area contributed by atoms with Crippen molar-refractivity contribution in [1.29, 1.82) is 0 Å². The number of piperazine rings is 1. The van der Waals surface area contributed by atoms with Gasteiger partial charge in [0.25, 0.3) is 5.91 Å². The Labute approximate surface area is 289 Å². The fraction of sp³-hybridized carbons (Fsp3) is 0.880. The molecule has 1 aliphatic heterocycles. The molecule has 1 N–H and O–H groups in total. The van der Waals surface area contributed by atoms with Gasteiger partial charge in [0.15, 0.2) is 0 Å². The number of alkyl halides is 21. The monoisotopic (exact) mass is 851 g/mol. The van der Waals surface area contributed by atoms with Crippen molar-refractivity contribution in [2.45, 2.75) is 80.2 Å². The molecule has 8 nitrogen and oxygen atoms in total. The van der Waals surface area contributed by atoms with Gasteiger partial charge in [-0.2, -0.15) is 83.4 Å². The van der Waals surface area contributed by atoms with Crippen LogP contribution in [0.5, 0.6) is 0 Å². The summed E-state index contributed by atoms with van der Waals surface area (Å²) in [5.74, 6) is -74.8. The Balaban J connectivity index is 0. The Bertz CT molecular complexity index is 1250. The lowest BCUT2D eigenvalue weighted by molar-refractivity contribution is -0.931. The highest BCUT2D eigenvalue weighted by Crippen LogP contribution is 2.65. The first kappa shape index (κ1) is 53.0. The van der Waals surface area contributed by atoms with E-state index in [9.17, 15) is 117 Å². The molecule has 0 unspecified atom stereocenters. The zero-order valence-electron chi connectivity index (χ0n) is 27.0. The summed E-state index contributed by atoms with van der Waals surface area (Å²) in [5.41, 5.74) is 0. The van der Waals surface area contributed by atoms with Gasteiger partial charge in [0.1, 0.15) is 6.54 Å². The van der Waals surface area contributed by atoms with E-state index in [1.165, 1.54) is 0 Å². The number of hydrogen-bond donors (Lipinski definition) is 1. The predicted octanol–water partition coefficient (Wildman–Crippen LogP) is 4.09. The number of carboxylic acids is 2. The van der Waals surface area contributed by atoms with Crippen LogP contribution >= 0.6 is 0 Å². The lowest BCUT2D eigenvalue weighted by Gasteiger charge is -2.46. The van der Waals surface area contributed by atoms with Gasteiger partial charge in [-0.25, -0.2) is 8.78 Å². The number of aliphatic carboxylic acids is 2. The number of aliphatic hydroxyl groups excluding tert-OH is 1. The SMILES string of the molecule is CC(C)CC(=O)[O-].FCF.O=C([O-])CC[N+]1(CCO)CCN(C(=O)C(F)(F)C(F)(F)C(F)(F)C(F)(F)C(F)(F)C(F)(F)C(F)(F)C(F)(F)C(F)(F)F)CC1. The normalized spacial score (nSPS) is 16.6. The third-order valence-corrected chi connectivity index (χ3v) is 7.30. The molecule has 29 heteroatoms. The fourth-order valence-corrected chi connectivity index (χ4v) is 4.22. The van der Waals surface area contributed by atoms with Crippen LogP contribution < -0.4 is 10.2 Å². The molecular weight excluding hydrogens is 823 g/mol. The molecule has 1 rings (SSSR count). The number of rotatable bonds is 15. The number of quaternary nitrogens is 1. The van der Waals surface area contributed by atoms with Crippen LogP contribution in [0.2, 0.25) is 0 Å². The van der Waals surface area contributed by atoms with Crippen molar-refractivity contribution < 1.29 is 126 Å². The molecular formula is C25H28F21N2O6-. The minimum Gasteiger partial charge on any atom is -0.550 e. The smallest absolute Gasteiger partial charge is 0.460 e. The van der Waals surface area contributed by atoms with Gasteiger partial charge in [-0.15, -0.1) is 0 Å². The lowest BCUT2D eigenvalue weighted by atomic mass is 9.87. The first-order valence-corrected chi connectivity index (χ1v) is 14.1. The summed E-state index contributed by atoms with van der Waals surface area (Å²) in [5, 5.41) is 29.5. The highest BCUT2D eigenvalue weighted by Gasteiger charge is 2.97. The van der Waals surface area contributed by atoms with Gasteiger partial charge in [0, 0.05) is 18.4 Å². The van der Waals surface area contributed by atoms with Crippen molar-refractivity contribution in [3.63, 3.8) is 0 Å². The summed E-state index contributed by atoms with van der Waals surface area (Å²) in [6.45, 7) is -3.63. The zero-order valence-corrected chi connectivity index (χ0v) is 27.0. The molecule has 0 spiro atoms. The van der Waals surface area contributed by atoms with Crippen LogP contribution in [0.25, 0.3) is 0 Å². The third-order valence-electron chi connectivity index (χ3n) is 7.30. The minimum absolute atomic E-state index is 0.167. The van der Waals surface area contributed by atoms with Crippen LogP contribution in [0.15, 0.2) is 0 Å². The number of hydrogen-bond acceptors (Lipinski definition) is 6. The van der Waals surface area contributed by atoms with Gasteiger partial charge >= 0.3 is 53.6 Å². The highest BCUT2D eigenvalue weighted by atomic mass is 19.4. The van der Waals surface area contributed by atoms with E-state index in [1.807, 2.05) is 13.8 Å². The van der Waals surface area contributed by atoms with Gasteiger partial charge in [0.05, 0.1) is 39.3 Å². The van der Waals surface area contributed by atoms with E-state index in [1.54, 1.807) is 0 Å². The third kappa shape index (κ3) is 10.2. The minimum atomic E-state index is -9.09. The largest absolute Gasteiger partial charge is 0.550 e. The number of carbonyl (C=O) groups is 3. The molecule has 1 fully saturated rings. The second kappa shape index (κ2) is 17.8. The molecule has 1 saturated heterocycles. The van der Waals surface area contributed by atoms with E-state index < -0.39 is 140 Å². The Hall–Kier alpha value is -3.14. The molecule has 0 aromatic rings. The maximum absolute atomic E-state index is 14.3. The summed E-state index contributed by atoms with van der Waals surface area (Å²) >= 11 is 0. The van der Waals surface area contributed by atoms with Gasteiger partial charge in [0.2, 0.25) is 6.93 Å². The van der Waals surface area contributed by atoms with Crippen LogP contribution in [0.1, 0.15) is 26.7 Å². The van der Waals surface area contributed by atoms with E-state index in [2.05, 4.69) is 0 Å². The maximum Gasteiger partial charge on any atom is 0.460 e. The Kier molecular flexibility index (Phi) is 17.4. The first-order chi connectivity index (χ1) is 23.7. The van der Waals surface area contributed by atoms with Crippen LogP contribution in [0, 0.1) is 5.92 Å². The lowest BCUT2D eigenvalue weighted by Crippen LogP contribution is -2.76. The van der Waals surface area contributed by atoms with Crippen LogP contribution in [0.3, 0.4) is 0 Å². The van der Waals surface area contributed by atoms with Crippen molar-refractivity contribution >= 4 is 17.8 Å². The van der Waals surface area contributed by atoms with Crippen molar-refractivity contribution in [1.82, 2.24) is 4.90 Å². The number of aliphatic hydroxyl groups is 1. The second-order valence-corrected chi connectivity index (χ2v) is 11.5. The highest BCUT2D eigenvalue weighted by molar-refractivity contribution is 5.85. The fourth-order valence-electron chi connectivity index (χ4n) is 4.22. The van der Waals surface area contributed by atoms with Gasteiger partial charge in [-0.05, 0) is 12.3 Å². The van der Waals surface area contributed by atoms with Crippen LogP contribution in [-0.2, 0) is 14.4 Å². The second-order valence-electron chi connectivity index (χ2n) is 11.5. The summed E-state index contributed by atoms with van der Waals surface area (Å²) in [6.07, 6.45) is -8.60. The number of carboxylic acid groups (broad SMARTS) is 2. The molecule has 0 aromatic carbocycles. The quantitative estimate of drug-likeness (QED) is 0.196. The molecule has 0 aromatic heterocycles. The molecule has 0 aliphatic carbocycles. The van der Waals surface area contributed by atoms with E-state index in [-0.39, 0.29) is 12.3 Å². The molecule has 0 atom stereocenters. The van der Waals surface area contributed by atoms with E-state index in [0.29, 0.717) is 0 Å². The molecule has 0 bridgehead atoms. The number of nitrogens with zero attached hydrogens (tertiary/aromatic N) is 2. The van der Waals surface area contributed by atoms with Crippen molar-refractivity contribution in [3.8, 4) is 0 Å². The van der Waals surface area contributed by atoms with Crippen LogP contribution in [-0.4, -0.2) is 139 Å². The van der Waals surface area contributed by atoms with Gasteiger partial charge in [-0.1, -0.05) is 13.8 Å². The summed E-state index contributed by atoms with van der Waals surface area (Å²) in [4.78, 5) is 31.9. The molecule has 0 saturated carbocycles. The zero-order chi connectivity index (χ0) is 44.0. The topological polar surface area (TPSA) is 121 Å². The molecule has 1 aliphatic rings. The van der Waals surface area contributed by atoms with Crippen molar-refractivity contribution in [2.24, 2.45) is 5.92 Å². The molecule has 0 radical (unpaired) electrons. The summed E-state index contributed by atoms with van der Waals surface area (Å²) in [6, 6.07) is 0. The van der Waals surface area contributed by atoms with Crippen molar-refractivity contribution in [2.75, 3.05) is 52.8 Å². The molecule has 54 heavy (non-hydrogen) atoms. The van der Waals surface area contributed by atoms with E-state index >= 15 is 0 Å². The average molecular weight is 851 g/mol. The Morgan fingerprint density at radius 3 is 1.20 bits per heavy atom. The number of halogens is 21. The van der Waals surface area contributed by atoms with E-state index in [4.69, 9.17) is 5.11 Å². The average Bonchev–Trinajstić information content (AvgIpc) is 2.99. The molecule has 1 amide bonds. The Morgan fingerprint density at radius 2 is 0.944 bits per heavy atom. The number of amides is 1. The van der Waals surface area contributed by atoms with Crippen molar-refractivity contribution in [3.05, 3.63) is 0 Å². The van der Waals surface area contributed by atoms with Crippen LogP contribution in [0.4, 0.5) is 92.2 Å². The summed E-state index contributed by atoms with van der Waals surface area (Å²) in [7, 11) is 0. The maximum atomic E-state index is 14.3. The predicted molar refractivity (Wildman–Crippen MR) is 130 cm³/mol. The molecule has 1 heterocycles. The first-order valence-electron chi connectivity index (χ1n) is 14.1. The van der Waals surface area contributed by atoms with Gasteiger partial charge < -0.3 is 34.3 Å². The van der Waals surface area contributed by atoms with E-state index in [0.717, 1.165) is 0 Å². The Morgan fingerprint density at radius 1 is 0.611 bits per heavy atom. The standard InChI is InChI=1S/C19H17F19N2O4.C5H10O2.CH2F2/c20-11(21,10(44)39-2-5-40(6-3-39,7-8-41)4-1-9(42)43)12(22,23)13(24,25)14(26,27)15(28,29)16(30,31)17(32,33)18(34,35)19(36,37)38;1-4(2)3-5(6)7;2-1-3/h41H,1-8H2;4H,3H2,1-2H3,(H,6,7);1H2/p-1. The van der Waals surface area contributed by atoms with Gasteiger partial charge in [-0.3, -0.25) is 4.79 Å².